The fraction of sp³-hybridized carbons (Fsp3) is 0.412. The molecule has 0 fully saturated rings. The molecule has 1 aliphatic carbocycles. The molecule has 3 nitrogen and oxygen atoms in total. The van der Waals surface area contributed by atoms with Gasteiger partial charge in [0, 0.05) is 11.3 Å². The van der Waals surface area contributed by atoms with Crippen molar-refractivity contribution in [1.29, 1.82) is 0 Å². The summed E-state index contributed by atoms with van der Waals surface area (Å²) >= 11 is 1.64. The van der Waals surface area contributed by atoms with Crippen LogP contribution in [-0.2, 0) is 24.1 Å². The van der Waals surface area contributed by atoms with Crippen LogP contribution < -0.4 is 5.32 Å². The highest BCUT2D eigenvalue weighted by Crippen LogP contribution is 2.29. The first-order chi connectivity index (χ1) is 10.2. The number of hydrogen-bond acceptors (Lipinski definition) is 3. The predicted molar refractivity (Wildman–Crippen MR) is 86.9 cm³/mol. The first kappa shape index (κ1) is 14.3. The van der Waals surface area contributed by atoms with Crippen LogP contribution >= 0.6 is 11.3 Å². The number of nitrogens with one attached hydrogen (secondary N) is 1. The summed E-state index contributed by atoms with van der Waals surface area (Å²) in [5.74, 6) is 0.0571. The lowest BCUT2D eigenvalue weighted by Gasteiger charge is -2.06. The lowest BCUT2D eigenvalue weighted by atomic mass is 10.0. The van der Waals surface area contributed by atoms with Crippen molar-refractivity contribution >= 4 is 22.4 Å². The van der Waals surface area contributed by atoms with Gasteiger partial charge in [0.2, 0.25) is 5.91 Å². The van der Waals surface area contributed by atoms with Crippen LogP contribution in [0, 0.1) is 6.92 Å². The number of anilines is 1. The minimum absolute atomic E-state index is 0.0571. The molecule has 3 rings (SSSR count). The van der Waals surface area contributed by atoms with Crippen LogP contribution in [0.4, 0.5) is 5.13 Å². The van der Waals surface area contributed by atoms with E-state index in [1.165, 1.54) is 34.5 Å². The van der Waals surface area contributed by atoms with Crippen molar-refractivity contribution in [2.45, 2.75) is 45.4 Å². The summed E-state index contributed by atoms with van der Waals surface area (Å²) in [4.78, 5) is 17.9. The van der Waals surface area contributed by atoms with E-state index in [1.807, 2.05) is 0 Å². The number of hydrogen-bond donors (Lipinski definition) is 1. The minimum Gasteiger partial charge on any atom is -0.302 e. The van der Waals surface area contributed by atoms with E-state index in [-0.39, 0.29) is 5.91 Å². The molecule has 0 saturated heterocycles. The zero-order valence-corrected chi connectivity index (χ0v) is 13.1. The maximum absolute atomic E-state index is 12.0. The number of aromatic nitrogens is 1. The van der Waals surface area contributed by atoms with Crippen LogP contribution in [0.1, 0.15) is 41.0 Å². The fourth-order valence-corrected chi connectivity index (χ4v) is 3.67. The summed E-state index contributed by atoms with van der Waals surface area (Å²) in [7, 11) is 0. The molecule has 2 aromatic rings. The van der Waals surface area contributed by atoms with Crippen LogP contribution in [-0.4, -0.2) is 10.9 Å². The Balaban J connectivity index is 1.54. The van der Waals surface area contributed by atoms with Gasteiger partial charge in [0.25, 0.3) is 0 Å². The van der Waals surface area contributed by atoms with Crippen molar-refractivity contribution in [2.75, 3.05) is 5.32 Å². The third-order valence-electron chi connectivity index (χ3n) is 3.85. The highest BCUT2D eigenvalue weighted by Gasteiger charge is 2.16. The molecule has 4 heteroatoms. The first-order valence-electron chi connectivity index (χ1n) is 7.55. The number of thiazole rings is 1. The molecule has 0 bridgehead atoms. The van der Waals surface area contributed by atoms with E-state index in [0.717, 1.165) is 24.4 Å². The molecule has 1 aromatic carbocycles. The molecular formula is C17H20N2OS. The monoisotopic (exact) mass is 300 g/mol. The van der Waals surface area contributed by atoms with Gasteiger partial charge >= 0.3 is 0 Å². The van der Waals surface area contributed by atoms with Gasteiger partial charge in [-0.1, -0.05) is 29.8 Å². The van der Waals surface area contributed by atoms with Gasteiger partial charge in [0.05, 0.1) is 5.69 Å². The van der Waals surface area contributed by atoms with Gasteiger partial charge in [-0.15, -0.1) is 11.3 Å². The summed E-state index contributed by atoms with van der Waals surface area (Å²) in [5.41, 5.74) is 3.64. The molecule has 110 valence electrons. The topological polar surface area (TPSA) is 42.0 Å². The quantitative estimate of drug-likeness (QED) is 0.930. The zero-order valence-electron chi connectivity index (χ0n) is 12.3. The van der Waals surface area contributed by atoms with E-state index >= 15 is 0 Å². The smallest absolute Gasteiger partial charge is 0.226 e. The molecule has 0 aliphatic heterocycles. The van der Waals surface area contributed by atoms with Crippen molar-refractivity contribution in [2.24, 2.45) is 0 Å². The fourth-order valence-electron chi connectivity index (χ4n) is 2.60. The SMILES string of the molecule is Cc1ccc(CCC(=O)Nc2nc3c(s2)CCCC3)cc1. The first-order valence-corrected chi connectivity index (χ1v) is 8.36. The maximum atomic E-state index is 12.0. The van der Waals surface area contributed by atoms with Gasteiger partial charge in [-0.05, 0) is 44.6 Å². The molecule has 21 heavy (non-hydrogen) atoms. The van der Waals surface area contributed by atoms with Crippen molar-refractivity contribution in [3.63, 3.8) is 0 Å². The highest BCUT2D eigenvalue weighted by atomic mass is 32.1. The maximum Gasteiger partial charge on any atom is 0.226 e. The standard InChI is InChI=1S/C17H20N2OS/c1-12-6-8-13(9-7-12)10-11-16(20)19-17-18-14-4-2-3-5-15(14)21-17/h6-9H,2-5,10-11H2,1H3,(H,18,19,20). The predicted octanol–water partition coefficient (Wildman–Crippen LogP) is 3.90. The Kier molecular flexibility index (Phi) is 4.34. The van der Waals surface area contributed by atoms with Gasteiger partial charge in [-0.2, -0.15) is 0 Å². The summed E-state index contributed by atoms with van der Waals surface area (Å²) in [6, 6.07) is 8.35. The number of rotatable bonds is 4. The Morgan fingerprint density at radius 2 is 2.00 bits per heavy atom. The van der Waals surface area contributed by atoms with Crippen LogP contribution in [0.25, 0.3) is 0 Å². The van der Waals surface area contributed by atoms with Crippen LogP contribution in [0.2, 0.25) is 0 Å². The number of benzene rings is 1. The van der Waals surface area contributed by atoms with Crippen LogP contribution in [0.3, 0.4) is 0 Å². The lowest BCUT2D eigenvalue weighted by molar-refractivity contribution is -0.116. The zero-order chi connectivity index (χ0) is 14.7. The lowest BCUT2D eigenvalue weighted by Crippen LogP contribution is -2.12. The third kappa shape index (κ3) is 3.70. The van der Waals surface area contributed by atoms with E-state index < -0.39 is 0 Å². The summed E-state index contributed by atoms with van der Waals surface area (Å²) in [6.07, 6.45) is 5.93. The van der Waals surface area contributed by atoms with Crippen molar-refractivity contribution in [1.82, 2.24) is 4.98 Å². The molecule has 0 spiro atoms. The number of carbonyl (C=O) groups excluding carboxylic acids is 1. The van der Waals surface area contributed by atoms with Crippen molar-refractivity contribution < 1.29 is 4.79 Å². The molecular weight excluding hydrogens is 280 g/mol. The molecule has 0 unspecified atom stereocenters. The number of nitrogens with zero attached hydrogens (tertiary/aromatic N) is 1. The molecule has 1 amide bonds. The average molecular weight is 300 g/mol. The van der Waals surface area contributed by atoms with E-state index in [4.69, 9.17) is 0 Å². The largest absolute Gasteiger partial charge is 0.302 e. The highest BCUT2D eigenvalue weighted by molar-refractivity contribution is 7.15. The number of aryl methyl sites for hydroxylation is 4. The Morgan fingerprint density at radius 3 is 2.76 bits per heavy atom. The van der Waals surface area contributed by atoms with Gasteiger partial charge in [-0.3, -0.25) is 4.79 Å². The van der Waals surface area contributed by atoms with E-state index in [1.54, 1.807) is 11.3 Å². The Hall–Kier alpha value is -1.68. The molecule has 0 saturated carbocycles. The van der Waals surface area contributed by atoms with Crippen molar-refractivity contribution in [3.8, 4) is 0 Å². The second kappa shape index (κ2) is 6.39. The normalized spacial score (nSPS) is 13.8. The molecule has 0 atom stereocenters. The van der Waals surface area contributed by atoms with Crippen LogP contribution in [0.15, 0.2) is 24.3 Å². The Morgan fingerprint density at radius 1 is 1.24 bits per heavy atom. The van der Waals surface area contributed by atoms with E-state index in [9.17, 15) is 4.79 Å². The van der Waals surface area contributed by atoms with Crippen LogP contribution in [0.5, 0.6) is 0 Å². The van der Waals surface area contributed by atoms with E-state index in [2.05, 4.69) is 41.5 Å². The van der Waals surface area contributed by atoms with Gasteiger partial charge < -0.3 is 5.32 Å². The molecule has 0 radical (unpaired) electrons. The number of amides is 1. The Labute approximate surface area is 129 Å². The van der Waals surface area contributed by atoms with E-state index in [0.29, 0.717) is 6.42 Å². The second-order valence-electron chi connectivity index (χ2n) is 5.63. The summed E-state index contributed by atoms with van der Waals surface area (Å²) < 4.78 is 0. The third-order valence-corrected chi connectivity index (χ3v) is 4.93. The minimum atomic E-state index is 0.0571. The van der Waals surface area contributed by atoms with Gasteiger partial charge in [0.15, 0.2) is 5.13 Å². The molecule has 1 aliphatic rings. The Bertz CT molecular complexity index is 607. The summed E-state index contributed by atoms with van der Waals surface area (Å²) in [6.45, 7) is 2.07. The van der Waals surface area contributed by atoms with Gasteiger partial charge in [0.1, 0.15) is 0 Å². The average Bonchev–Trinajstić information content (AvgIpc) is 2.88. The van der Waals surface area contributed by atoms with Crippen molar-refractivity contribution in [3.05, 3.63) is 46.0 Å². The molecule has 1 N–H and O–H groups in total. The molecule has 1 aromatic heterocycles. The molecule has 1 heterocycles. The summed E-state index contributed by atoms with van der Waals surface area (Å²) in [5, 5.41) is 3.72. The number of fused-ring (bicyclic) bond motifs is 1. The second-order valence-corrected chi connectivity index (χ2v) is 6.71. The number of carbonyl (C=O) groups is 1. The van der Waals surface area contributed by atoms with Gasteiger partial charge in [-0.25, -0.2) is 4.98 Å².